The number of fused-ring (bicyclic) bond motifs is 2. The molecule has 118 valence electrons. The molecular formula is C18H13FN4O. The number of aromatic nitrogens is 3. The third kappa shape index (κ3) is 2.11. The Hall–Kier alpha value is -3.02. The molecule has 5 nitrogen and oxygen atoms in total. The average Bonchev–Trinajstić information content (AvgIpc) is 2.58. The largest absolute Gasteiger partial charge is 0.291 e. The summed E-state index contributed by atoms with van der Waals surface area (Å²) in [5, 5.41) is 7.98. The van der Waals surface area contributed by atoms with Crippen molar-refractivity contribution in [1.82, 2.24) is 15.2 Å². The zero-order valence-electron chi connectivity index (χ0n) is 13.1. The minimum atomic E-state index is -0.913. The van der Waals surface area contributed by atoms with E-state index in [1.165, 1.54) is 6.07 Å². The van der Waals surface area contributed by atoms with Crippen LogP contribution in [-0.2, 0) is 0 Å². The van der Waals surface area contributed by atoms with Gasteiger partial charge in [-0.2, -0.15) is 0 Å². The lowest BCUT2D eigenvalue weighted by molar-refractivity contribution is 0.0912. The SMILES string of the molecule is CC1(C)N=C(c2nnc3c(F)cccc3n2)c2ccccc2C1=O. The van der Waals surface area contributed by atoms with Crippen molar-refractivity contribution in [2.75, 3.05) is 0 Å². The van der Waals surface area contributed by atoms with E-state index >= 15 is 0 Å². The van der Waals surface area contributed by atoms with E-state index in [0.29, 0.717) is 22.4 Å². The molecule has 4 rings (SSSR count). The molecule has 0 saturated carbocycles. The third-order valence-corrected chi connectivity index (χ3v) is 4.02. The van der Waals surface area contributed by atoms with Crippen molar-refractivity contribution in [1.29, 1.82) is 0 Å². The summed E-state index contributed by atoms with van der Waals surface area (Å²) in [7, 11) is 0. The highest BCUT2D eigenvalue weighted by molar-refractivity contribution is 6.22. The molecule has 0 atom stereocenters. The van der Waals surface area contributed by atoms with Crippen LogP contribution in [0.5, 0.6) is 0 Å². The van der Waals surface area contributed by atoms with Crippen LogP contribution in [0.4, 0.5) is 4.39 Å². The lowest BCUT2D eigenvalue weighted by atomic mass is 9.85. The molecule has 0 radical (unpaired) electrons. The van der Waals surface area contributed by atoms with Crippen LogP contribution in [0.2, 0.25) is 0 Å². The summed E-state index contributed by atoms with van der Waals surface area (Å²) in [6, 6.07) is 11.8. The van der Waals surface area contributed by atoms with Gasteiger partial charge in [-0.15, -0.1) is 10.2 Å². The summed E-state index contributed by atoms with van der Waals surface area (Å²) in [4.78, 5) is 21.5. The molecule has 0 N–H and O–H groups in total. The van der Waals surface area contributed by atoms with Crippen molar-refractivity contribution >= 4 is 22.5 Å². The first-order valence-electron chi connectivity index (χ1n) is 7.51. The molecule has 2 heterocycles. The molecule has 0 saturated heterocycles. The van der Waals surface area contributed by atoms with Gasteiger partial charge in [0.2, 0.25) is 5.82 Å². The maximum atomic E-state index is 13.8. The second kappa shape index (κ2) is 4.99. The molecule has 2 aromatic carbocycles. The number of nitrogens with zero attached hydrogens (tertiary/aromatic N) is 4. The van der Waals surface area contributed by atoms with E-state index in [-0.39, 0.29) is 17.1 Å². The van der Waals surface area contributed by atoms with Crippen LogP contribution in [0.15, 0.2) is 47.5 Å². The molecule has 1 aromatic heterocycles. The predicted octanol–water partition coefficient (Wildman–Crippen LogP) is 2.98. The molecule has 0 fully saturated rings. The lowest BCUT2D eigenvalue weighted by Gasteiger charge is -2.26. The number of carbonyl (C=O) groups excluding carboxylic acids is 1. The average molecular weight is 320 g/mol. The van der Waals surface area contributed by atoms with Gasteiger partial charge in [0.15, 0.2) is 11.6 Å². The van der Waals surface area contributed by atoms with Gasteiger partial charge in [0.25, 0.3) is 0 Å². The van der Waals surface area contributed by atoms with Gasteiger partial charge in [0.05, 0.1) is 5.52 Å². The number of rotatable bonds is 1. The molecule has 0 spiro atoms. The van der Waals surface area contributed by atoms with Crippen LogP contribution in [0.25, 0.3) is 11.0 Å². The van der Waals surface area contributed by atoms with Gasteiger partial charge in [-0.3, -0.25) is 9.79 Å². The quantitative estimate of drug-likeness (QED) is 0.691. The first-order chi connectivity index (χ1) is 11.5. The first kappa shape index (κ1) is 14.6. The number of aliphatic imine (C=N–C) groups is 1. The molecule has 3 aromatic rings. The Balaban J connectivity index is 1.97. The molecule has 0 unspecified atom stereocenters. The molecule has 0 bridgehead atoms. The molecule has 1 aliphatic rings. The van der Waals surface area contributed by atoms with Crippen LogP contribution in [0, 0.1) is 5.82 Å². The highest BCUT2D eigenvalue weighted by Crippen LogP contribution is 2.28. The monoisotopic (exact) mass is 320 g/mol. The van der Waals surface area contributed by atoms with Crippen LogP contribution >= 0.6 is 0 Å². The molecule has 0 amide bonds. The van der Waals surface area contributed by atoms with Crippen molar-refractivity contribution in [2.45, 2.75) is 19.4 Å². The van der Waals surface area contributed by atoms with Crippen molar-refractivity contribution in [2.24, 2.45) is 4.99 Å². The summed E-state index contributed by atoms with van der Waals surface area (Å²) in [6.07, 6.45) is 0. The van der Waals surface area contributed by atoms with Gasteiger partial charge in [-0.05, 0) is 26.0 Å². The highest BCUT2D eigenvalue weighted by Gasteiger charge is 2.36. The van der Waals surface area contributed by atoms with E-state index in [2.05, 4.69) is 20.2 Å². The third-order valence-electron chi connectivity index (χ3n) is 4.02. The standard InChI is InChI=1S/C18H13FN4O/c1-18(2)16(24)11-7-4-3-6-10(11)14(21-18)17-20-13-9-5-8-12(19)15(13)22-23-17/h3-9H,1-2H3. The minimum absolute atomic E-state index is 0.0540. The predicted molar refractivity (Wildman–Crippen MR) is 87.8 cm³/mol. The van der Waals surface area contributed by atoms with Crippen LogP contribution in [-0.4, -0.2) is 32.2 Å². The summed E-state index contributed by atoms with van der Waals surface area (Å²) < 4.78 is 13.8. The smallest absolute Gasteiger partial charge is 0.201 e. The number of ketones is 1. The number of carbonyl (C=O) groups is 1. The Labute approximate surface area is 137 Å². The van der Waals surface area contributed by atoms with Crippen molar-refractivity contribution in [3.63, 3.8) is 0 Å². The summed E-state index contributed by atoms with van der Waals surface area (Å²) in [5.41, 5.74) is 1.34. The summed E-state index contributed by atoms with van der Waals surface area (Å²) in [5.74, 6) is -0.247. The van der Waals surface area contributed by atoms with Crippen LogP contribution in [0.3, 0.4) is 0 Å². The second-order valence-corrected chi connectivity index (χ2v) is 6.14. The Kier molecular flexibility index (Phi) is 3.03. The van der Waals surface area contributed by atoms with Crippen molar-refractivity contribution in [3.05, 3.63) is 65.2 Å². The Morgan fingerprint density at radius 2 is 1.71 bits per heavy atom. The fourth-order valence-corrected chi connectivity index (χ4v) is 2.81. The second-order valence-electron chi connectivity index (χ2n) is 6.14. The molecule has 6 heteroatoms. The molecule has 0 aliphatic carbocycles. The summed E-state index contributed by atoms with van der Waals surface area (Å²) in [6.45, 7) is 3.50. The number of Topliss-reactive ketones (excluding diaryl/α,β-unsaturated/α-hetero) is 1. The van der Waals surface area contributed by atoms with Gasteiger partial charge < -0.3 is 0 Å². The molecule has 24 heavy (non-hydrogen) atoms. The van der Waals surface area contributed by atoms with Crippen LogP contribution in [0.1, 0.15) is 35.6 Å². The number of benzene rings is 2. The van der Waals surface area contributed by atoms with E-state index < -0.39 is 11.4 Å². The van der Waals surface area contributed by atoms with Gasteiger partial charge >= 0.3 is 0 Å². The number of halogens is 1. The Bertz CT molecular complexity index is 1030. The van der Waals surface area contributed by atoms with E-state index in [4.69, 9.17) is 0 Å². The lowest BCUT2D eigenvalue weighted by Crippen LogP contribution is -2.37. The zero-order valence-corrected chi connectivity index (χ0v) is 13.1. The fraction of sp³-hybridized carbons (Fsp3) is 0.167. The van der Waals surface area contributed by atoms with Gasteiger partial charge in [0.1, 0.15) is 16.8 Å². The maximum absolute atomic E-state index is 13.8. The Morgan fingerprint density at radius 3 is 2.50 bits per heavy atom. The van der Waals surface area contributed by atoms with E-state index in [1.807, 2.05) is 12.1 Å². The maximum Gasteiger partial charge on any atom is 0.201 e. The number of hydrogen-bond donors (Lipinski definition) is 0. The van der Waals surface area contributed by atoms with Gasteiger partial charge in [-0.1, -0.05) is 30.3 Å². The topological polar surface area (TPSA) is 68.1 Å². The van der Waals surface area contributed by atoms with E-state index in [9.17, 15) is 9.18 Å². The van der Waals surface area contributed by atoms with Crippen molar-refractivity contribution in [3.8, 4) is 0 Å². The van der Waals surface area contributed by atoms with Gasteiger partial charge in [-0.25, -0.2) is 9.37 Å². The van der Waals surface area contributed by atoms with E-state index in [1.54, 1.807) is 38.1 Å². The number of hydrogen-bond acceptors (Lipinski definition) is 5. The normalized spacial score (nSPS) is 16.0. The highest BCUT2D eigenvalue weighted by atomic mass is 19.1. The van der Waals surface area contributed by atoms with Gasteiger partial charge in [0, 0.05) is 11.1 Å². The molecule has 1 aliphatic heterocycles. The zero-order chi connectivity index (χ0) is 16.9. The molecular weight excluding hydrogens is 307 g/mol. The Morgan fingerprint density at radius 1 is 0.958 bits per heavy atom. The fourth-order valence-electron chi connectivity index (χ4n) is 2.81. The van der Waals surface area contributed by atoms with Crippen LogP contribution < -0.4 is 0 Å². The first-order valence-corrected chi connectivity index (χ1v) is 7.51. The summed E-state index contributed by atoms with van der Waals surface area (Å²) >= 11 is 0. The van der Waals surface area contributed by atoms with E-state index in [0.717, 1.165) is 0 Å². The minimum Gasteiger partial charge on any atom is -0.291 e. The van der Waals surface area contributed by atoms with Crippen molar-refractivity contribution < 1.29 is 9.18 Å².